The number of nitrogens with zero attached hydrogens (tertiary/aromatic N) is 1. The molecule has 0 fully saturated rings. The molecule has 0 saturated carbocycles. The second-order valence-electron chi connectivity index (χ2n) is 9.06. The van der Waals surface area contributed by atoms with Crippen molar-refractivity contribution >= 4 is 16.1 Å². The van der Waals surface area contributed by atoms with E-state index in [0.717, 1.165) is 11.1 Å². The molecule has 2 aromatic carbocycles. The molecule has 2 unspecified atom stereocenters. The number of carbonyl (C=O) groups excluding carboxylic acids is 1. The van der Waals surface area contributed by atoms with Crippen molar-refractivity contribution in [3.05, 3.63) is 65.7 Å². The number of aliphatic hydroxyl groups excluding tert-OH is 1. The fourth-order valence-electron chi connectivity index (χ4n) is 4.64. The molecule has 0 aliphatic heterocycles. The first-order valence-electron chi connectivity index (χ1n) is 12.7. The van der Waals surface area contributed by atoms with E-state index in [1.165, 1.54) is 0 Å². The van der Waals surface area contributed by atoms with Gasteiger partial charge < -0.3 is 15.2 Å². The lowest BCUT2D eigenvalue weighted by atomic mass is 9.98. The van der Waals surface area contributed by atoms with Gasteiger partial charge in [-0.15, -0.1) is 0 Å². The molecule has 200 valence electrons. The lowest BCUT2D eigenvalue weighted by Crippen LogP contribution is -2.68. The van der Waals surface area contributed by atoms with Crippen LogP contribution < -0.4 is 14.8 Å². The number of hydrogen-bond donors (Lipinski definition) is 3. The third-order valence-corrected chi connectivity index (χ3v) is 8.50. The zero-order chi connectivity index (χ0) is 26.6. The Morgan fingerprint density at radius 1 is 0.972 bits per heavy atom. The van der Waals surface area contributed by atoms with E-state index in [1.807, 2.05) is 68.4 Å². The lowest BCUT2D eigenvalue weighted by molar-refractivity contribution is -0.838. The van der Waals surface area contributed by atoms with Gasteiger partial charge in [-0.05, 0) is 36.1 Å². The van der Waals surface area contributed by atoms with E-state index < -0.39 is 32.2 Å². The number of quaternary nitrogens is 1. The Labute approximate surface area is 216 Å². The normalized spacial score (nSPS) is 13.7. The molecule has 0 radical (unpaired) electrons. The highest BCUT2D eigenvalue weighted by molar-refractivity contribution is 7.84. The van der Waals surface area contributed by atoms with Crippen LogP contribution in [-0.2, 0) is 28.0 Å². The topological polar surface area (TPSA) is 105 Å². The van der Waals surface area contributed by atoms with Gasteiger partial charge >= 0.3 is 10.2 Å². The van der Waals surface area contributed by atoms with Gasteiger partial charge in [0.25, 0.3) is 0 Å². The number of carbonyl (C=O) groups is 1. The Kier molecular flexibility index (Phi) is 11.8. The summed E-state index contributed by atoms with van der Waals surface area (Å²) in [5, 5.41) is 14.8. The van der Waals surface area contributed by atoms with E-state index in [1.54, 1.807) is 14.0 Å². The number of nitrogens with one attached hydrogen (secondary N) is 2. The first-order valence-corrected chi connectivity index (χ1v) is 14.1. The van der Waals surface area contributed by atoms with E-state index >= 15 is 0 Å². The number of rotatable bonds is 16. The molecule has 36 heavy (non-hydrogen) atoms. The molecule has 0 aliphatic rings. The van der Waals surface area contributed by atoms with Crippen LogP contribution in [0.25, 0.3) is 0 Å². The second kappa shape index (κ2) is 14.3. The molecule has 2 atom stereocenters. The summed E-state index contributed by atoms with van der Waals surface area (Å²) in [5.74, 6) is 0.149. The number of methoxy groups -OCH3 is 1. The van der Waals surface area contributed by atoms with Gasteiger partial charge in [-0.25, -0.2) is 4.72 Å². The lowest BCUT2D eigenvalue weighted by Gasteiger charge is -2.44. The first-order chi connectivity index (χ1) is 17.2. The largest absolute Gasteiger partial charge is 0.497 e. The molecule has 8 nitrogen and oxygen atoms in total. The highest BCUT2D eigenvalue weighted by Gasteiger charge is 2.51. The molecule has 2 rings (SSSR count). The molecule has 0 aliphatic carbocycles. The van der Waals surface area contributed by atoms with Crippen LogP contribution in [0.4, 0.5) is 0 Å². The minimum Gasteiger partial charge on any atom is -0.497 e. The van der Waals surface area contributed by atoms with Crippen molar-refractivity contribution in [3.63, 3.8) is 0 Å². The third-order valence-electron chi connectivity index (χ3n) is 6.42. The van der Waals surface area contributed by atoms with Crippen molar-refractivity contribution in [3.8, 4) is 5.75 Å². The molecule has 0 bridgehead atoms. The van der Waals surface area contributed by atoms with Crippen molar-refractivity contribution in [2.45, 2.75) is 65.1 Å². The van der Waals surface area contributed by atoms with Crippen molar-refractivity contribution in [1.82, 2.24) is 10.0 Å². The van der Waals surface area contributed by atoms with Gasteiger partial charge in [0.15, 0.2) is 0 Å². The fraction of sp³-hybridized carbons (Fsp3) is 0.519. The van der Waals surface area contributed by atoms with Gasteiger partial charge in [0.1, 0.15) is 17.9 Å². The Bertz CT molecular complexity index is 1020. The highest BCUT2D eigenvalue weighted by atomic mass is 32.2. The Morgan fingerprint density at radius 2 is 1.58 bits per heavy atom. The Hall–Kier alpha value is -2.46. The van der Waals surface area contributed by atoms with E-state index in [4.69, 9.17) is 4.74 Å². The molecule has 3 N–H and O–H groups in total. The second-order valence-corrected chi connectivity index (χ2v) is 10.9. The quantitative estimate of drug-likeness (QED) is 0.294. The molecule has 0 heterocycles. The van der Waals surface area contributed by atoms with Crippen molar-refractivity contribution in [1.29, 1.82) is 0 Å². The fourth-order valence-corrected chi connectivity index (χ4v) is 6.67. The molecule has 9 heteroatoms. The number of ether oxygens (including phenoxy) is 1. The molecular formula is C27H42N3O5S+. The summed E-state index contributed by atoms with van der Waals surface area (Å²) in [4.78, 5) is 12.2. The Balaban J connectivity index is 2.46. The van der Waals surface area contributed by atoms with Gasteiger partial charge in [0, 0.05) is 25.9 Å². The molecule has 2 aromatic rings. The van der Waals surface area contributed by atoms with Gasteiger partial charge in [0.2, 0.25) is 5.91 Å². The number of benzene rings is 2. The summed E-state index contributed by atoms with van der Waals surface area (Å²) in [5.41, 5.74) is 1.96. The van der Waals surface area contributed by atoms with E-state index in [-0.39, 0.29) is 26.1 Å². The van der Waals surface area contributed by atoms with Crippen LogP contribution >= 0.6 is 0 Å². The maximum absolute atomic E-state index is 13.8. The monoisotopic (exact) mass is 520 g/mol. The first kappa shape index (κ1) is 29.8. The summed E-state index contributed by atoms with van der Waals surface area (Å²) < 4.78 is 34.8. The zero-order valence-corrected chi connectivity index (χ0v) is 22.8. The highest BCUT2D eigenvalue weighted by Crippen LogP contribution is 2.28. The standard InChI is InChI=1S/C27H41N3O5S/c1-5-17-30(18-6-2,36(33,34)29-27(32)7-3)25(19-22-13-15-24(35-4)16-14-22)26(31)21-28-20-23-11-9-8-10-12-23/h8-16,25-26,28,31H,5-7,17-21H2,1-4H3/p+1. The van der Waals surface area contributed by atoms with Crippen LogP contribution in [0.3, 0.4) is 0 Å². The number of hydrogen-bond acceptors (Lipinski definition) is 6. The number of amides is 1. The molecule has 0 saturated heterocycles. The average molecular weight is 521 g/mol. The summed E-state index contributed by atoms with van der Waals surface area (Å²) in [7, 11) is -2.56. The van der Waals surface area contributed by atoms with E-state index in [9.17, 15) is 18.3 Å². The predicted octanol–water partition coefficient (Wildman–Crippen LogP) is 3.16. The van der Waals surface area contributed by atoms with Crippen LogP contribution in [-0.4, -0.2) is 62.2 Å². The van der Waals surface area contributed by atoms with Crippen LogP contribution in [0.15, 0.2) is 54.6 Å². The molecule has 1 amide bonds. The van der Waals surface area contributed by atoms with Crippen molar-refractivity contribution in [2.75, 3.05) is 26.7 Å². The Morgan fingerprint density at radius 3 is 2.11 bits per heavy atom. The summed E-state index contributed by atoms with van der Waals surface area (Å²) in [6.07, 6.45) is 0.540. The SMILES string of the molecule is CCC[N+](CCC)(C(Cc1ccc(OC)cc1)C(O)CNCc1ccccc1)S(=O)(=O)NC(=O)CC. The van der Waals surface area contributed by atoms with Gasteiger partial charge in [0.05, 0.1) is 20.2 Å². The molecular weight excluding hydrogens is 478 g/mol. The van der Waals surface area contributed by atoms with E-state index in [2.05, 4.69) is 10.0 Å². The van der Waals surface area contributed by atoms with Crippen LogP contribution in [0, 0.1) is 0 Å². The van der Waals surface area contributed by atoms with Crippen LogP contribution in [0.5, 0.6) is 5.75 Å². The van der Waals surface area contributed by atoms with Gasteiger partial charge in [-0.3, -0.25) is 4.79 Å². The maximum Gasteiger partial charge on any atom is 0.396 e. The van der Waals surface area contributed by atoms with E-state index in [0.29, 0.717) is 31.6 Å². The molecule has 0 aromatic heterocycles. The van der Waals surface area contributed by atoms with Crippen molar-refractivity contribution in [2.24, 2.45) is 0 Å². The average Bonchev–Trinajstić information content (AvgIpc) is 2.87. The smallest absolute Gasteiger partial charge is 0.396 e. The summed E-state index contributed by atoms with van der Waals surface area (Å²) in [6.45, 7) is 6.77. The minimum absolute atomic E-state index is 0.0574. The summed E-state index contributed by atoms with van der Waals surface area (Å²) >= 11 is 0. The van der Waals surface area contributed by atoms with Crippen LogP contribution in [0.2, 0.25) is 0 Å². The summed E-state index contributed by atoms with van der Waals surface area (Å²) in [6, 6.07) is 16.6. The maximum atomic E-state index is 13.8. The minimum atomic E-state index is -4.15. The van der Waals surface area contributed by atoms with Crippen molar-refractivity contribution < 1.29 is 26.9 Å². The zero-order valence-electron chi connectivity index (χ0n) is 21.9. The number of aliphatic hydroxyl groups is 1. The van der Waals surface area contributed by atoms with Gasteiger partial charge in [-0.1, -0.05) is 63.2 Å². The predicted molar refractivity (Wildman–Crippen MR) is 143 cm³/mol. The molecule has 0 spiro atoms. The van der Waals surface area contributed by atoms with Gasteiger partial charge in [-0.2, -0.15) is 12.3 Å². The third kappa shape index (κ3) is 7.77. The van der Waals surface area contributed by atoms with Crippen LogP contribution in [0.1, 0.15) is 51.2 Å².